The van der Waals surface area contributed by atoms with Gasteiger partial charge in [-0.1, -0.05) is 0 Å². The molecule has 2 aromatic heterocycles. The number of hydrogen-bond donors (Lipinski definition) is 0. The Balaban J connectivity index is 1.49. The number of anilines is 2. The number of aromatic nitrogens is 3. The largest absolute Gasteiger partial charge is 0.372 e. The van der Waals surface area contributed by atoms with Gasteiger partial charge in [-0.15, -0.1) is 0 Å². The maximum Gasteiger partial charge on any atom is 0.144 e. The molecule has 0 N–H and O–H groups in total. The molecule has 1 saturated heterocycles. The Kier molecular flexibility index (Phi) is 4.62. The van der Waals surface area contributed by atoms with Crippen LogP contribution in [0.3, 0.4) is 0 Å². The van der Waals surface area contributed by atoms with E-state index in [1.165, 1.54) is 18.5 Å². The van der Waals surface area contributed by atoms with E-state index in [0.29, 0.717) is 18.7 Å². The molecule has 1 fully saturated rings. The van der Waals surface area contributed by atoms with Crippen LogP contribution in [-0.4, -0.2) is 54.6 Å². The molecule has 6 nitrogen and oxygen atoms in total. The minimum absolute atomic E-state index is 0.226. The number of halogens is 1. The fraction of sp³-hybridized carbons (Fsp3) is 0.409. The number of ether oxygens (including phenoxy) is 1. The highest BCUT2D eigenvalue weighted by molar-refractivity contribution is 6.34. The van der Waals surface area contributed by atoms with Gasteiger partial charge in [-0.3, -0.25) is 4.98 Å². The van der Waals surface area contributed by atoms with E-state index in [0.717, 1.165) is 59.7 Å². The Labute approximate surface area is 176 Å². The number of rotatable bonds is 2. The minimum atomic E-state index is -0.289. The molecular weight excluding hydrogens is 380 g/mol. The third-order valence-electron chi connectivity index (χ3n) is 5.82. The highest BCUT2D eigenvalue weighted by Gasteiger charge is 2.29. The Bertz CT molecular complexity index is 1120. The van der Waals surface area contributed by atoms with Crippen molar-refractivity contribution in [2.75, 3.05) is 36.0 Å². The number of hydrogen-bond acceptors (Lipinski definition) is 6. The first-order valence-electron chi connectivity index (χ1n) is 10.2. The average Bonchev–Trinajstić information content (AvgIpc) is 2.72. The summed E-state index contributed by atoms with van der Waals surface area (Å²) >= 11 is 0. The van der Waals surface area contributed by atoms with E-state index in [-0.39, 0.29) is 11.4 Å². The molecule has 4 heterocycles. The second-order valence-corrected chi connectivity index (χ2v) is 8.56. The van der Waals surface area contributed by atoms with Crippen LogP contribution in [0.25, 0.3) is 10.9 Å². The van der Waals surface area contributed by atoms with Crippen molar-refractivity contribution in [2.45, 2.75) is 32.4 Å². The van der Waals surface area contributed by atoms with Gasteiger partial charge in [-0.25, -0.2) is 14.4 Å². The van der Waals surface area contributed by atoms with E-state index >= 15 is 0 Å². The maximum absolute atomic E-state index is 13.9. The van der Waals surface area contributed by atoms with E-state index in [2.05, 4.69) is 39.7 Å². The SMILES string of the molecule is [B]c1nc2c(cc1N1CCOC(C)(C)C1)CN(c1ncnc3ccc(F)cc13)CC2. The van der Waals surface area contributed by atoms with Gasteiger partial charge in [0, 0.05) is 55.0 Å². The van der Waals surface area contributed by atoms with Crippen LogP contribution in [0.1, 0.15) is 25.1 Å². The van der Waals surface area contributed by atoms with Crippen molar-refractivity contribution >= 4 is 35.8 Å². The van der Waals surface area contributed by atoms with E-state index in [4.69, 9.17) is 17.6 Å². The molecule has 2 aliphatic heterocycles. The molecule has 0 atom stereocenters. The first-order valence-corrected chi connectivity index (χ1v) is 10.2. The topological polar surface area (TPSA) is 54.4 Å². The van der Waals surface area contributed by atoms with Gasteiger partial charge in [-0.2, -0.15) is 0 Å². The molecule has 152 valence electrons. The van der Waals surface area contributed by atoms with Gasteiger partial charge in [0.05, 0.1) is 17.7 Å². The lowest BCUT2D eigenvalue weighted by molar-refractivity contribution is -0.0276. The van der Waals surface area contributed by atoms with Crippen molar-refractivity contribution in [3.8, 4) is 0 Å². The molecule has 0 amide bonds. The Hall–Kier alpha value is -2.74. The summed E-state index contributed by atoms with van der Waals surface area (Å²) in [5.74, 6) is 0.457. The smallest absolute Gasteiger partial charge is 0.144 e. The molecule has 3 aromatic rings. The molecule has 0 aliphatic carbocycles. The van der Waals surface area contributed by atoms with Crippen LogP contribution in [0.4, 0.5) is 15.9 Å². The summed E-state index contributed by atoms with van der Waals surface area (Å²) in [6, 6.07) is 6.76. The van der Waals surface area contributed by atoms with Crippen molar-refractivity contribution in [3.63, 3.8) is 0 Å². The lowest BCUT2D eigenvalue weighted by atomic mass is 9.94. The normalized spacial score (nSPS) is 18.5. The van der Waals surface area contributed by atoms with Crippen LogP contribution in [0.2, 0.25) is 0 Å². The molecule has 0 unspecified atom stereocenters. The van der Waals surface area contributed by atoms with Crippen molar-refractivity contribution < 1.29 is 9.13 Å². The molecule has 30 heavy (non-hydrogen) atoms. The van der Waals surface area contributed by atoms with Gasteiger partial charge in [0.25, 0.3) is 0 Å². The van der Waals surface area contributed by atoms with Crippen molar-refractivity contribution in [1.82, 2.24) is 15.0 Å². The summed E-state index contributed by atoms with van der Waals surface area (Å²) in [6.07, 6.45) is 2.29. The summed E-state index contributed by atoms with van der Waals surface area (Å²) in [5.41, 5.74) is 4.16. The molecule has 0 saturated carbocycles. The number of fused-ring (bicyclic) bond motifs is 2. The number of pyridine rings is 1. The molecule has 0 bridgehead atoms. The molecule has 0 spiro atoms. The van der Waals surface area contributed by atoms with Gasteiger partial charge in [0.15, 0.2) is 0 Å². The van der Waals surface area contributed by atoms with Gasteiger partial charge in [-0.05, 0) is 43.7 Å². The molecule has 1 aromatic carbocycles. The van der Waals surface area contributed by atoms with Crippen LogP contribution in [0, 0.1) is 5.82 Å². The monoisotopic (exact) mass is 403 g/mol. The zero-order chi connectivity index (χ0) is 20.9. The number of nitrogens with zero attached hydrogens (tertiary/aromatic N) is 5. The van der Waals surface area contributed by atoms with E-state index < -0.39 is 0 Å². The van der Waals surface area contributed by atoms with Crippen LogP contribution >= 0.6 is 0 Å². The van der Waals surface area contributed by atoms with E-state index in [1.807, 2.05) is 0 Å². The first kappa shape index (κ1) is 19.2. The maximum atomic E-state index is 13.9. The van der Waals surface area contributed by atoms with E-state index in [9.17, 15) is 4.39 Å². The lowest BCUT2D eigenvalue weighted by Crippen LogP contribution is -2.50. The fourth-order valence-corrected chi connectivity index (χ4v) is 4.40. The van der Waals surface area contributed by atoms with Gasteiger partial charge >= 0.3 is 0 Å². The summed E-state index contributed by atoms with van der Waals surface area (Å²) in [4.78, 5) is 17.9. The van der Waals surface area contributed by atoms with E-state index in [1.54, 1.807) is 6.07 Å². The predicted octanol–water partition coefficient (Wildman–Crippen LogP) is 2.14. The second-order valence-electron chi connectivity index (χ2n) is 8.56. The summed E-state index contributed by atoms with van der Waals surface area (Å²) in [5, 5.41) is 0.722. The van der Waals surface area contributed by atoms with Gasteiger partial charge in [0.1, 0.15) is 25.8 Å². The zero-order valence-electron chi connectivity index (χ0n) is 17.2. The molecule has 5 rings (SSSR count). The third-order valence-corrected chi connectivity index (χ3v) is 5.82. The first-order chi connectivity index (χ1) is 14.4. The Morgan fingerprint density at radius 2 is 2.00 bits per heavy atom. The summed E-state index contributed by atoms with van der Waals surface area (Å²) < 4.78 is 19.7. The van der Waals surface area contributed by atoms with Crippen molar-refractivity contribution in [1.29, 1.82) is 0 Å². The van der Waals surface area contributed by atoms with Crippen LogP contribution in [-0.2, 0) is 17.7 Å². The minimum Gasteiger partial charge on any atom is -0.372 e. The Morgan fingerprint density at radius 3 is 2.83 bits per heavy atom. The molecule has 2 radical (unpaired) electrons. The fourth-order valence-electron chi connectivity index (χ4n) is 4.40. The van der Waals surface area contributed by atoms with Gasteiger partial charge in [0.2, 0.25) is 0 Å². The summed E-state index contributed by atoms with van der Waals surface area (Å²) in [6.45, 7) is 7.77. The van der Waals surface area contributed by atoms with Crippen LogP contribution in [0.5, 0.6) is 0 Å². The average molecular weight is 403 g/mol. The van der Waals surface area contributed by atoms with Crippen LogP contribution < -0.4 is 15.4 Å². The second kappa shape index (κ2) is 7.20. The molecule has 8 heteroatoms. The molecule has 2 aliphatic rings. The molecular formula is C22H23BFN5O. The van der Waals surface area contributed by atoms with Gasteiger partial charge < -0.3 is 14.5 Å². The Morgan fingerprint density at radius 1 is 1.13 bits per heavy atom. The third kappa shape index (κ3) is 3.49. The van der Waals surface area contributed by atoms with Crippen molar-refractivity contribution in [2.24, 2.45) is 0 Å². The zero-order valence-corrected chi connectivity index (χ0v) is 17.2. The number of morpholine rings is 1. The highest BCUT2D eigenvalue weighted by atomic mass is 19.1. The number of benzene rings is 1. The van der Waals surface area contributed by atoms with Crippen LogP contribution in [0.15, 0.2) is 30.6 Å². The van der Waals surface area contributed by atoms with Crippen molar-refractivity contribution in [3.05, 3.63) is 47.7 Å². The highest BCUT2D eigenvalue weighted by Crippen LogP contribution is 2.30. The predicted molar refractivity (Wildman–Crippen MR) is 116 cm³/mol. The quantitative estimate of drug-likeness (QED) is 0.612. The summed E-state index contributed by atoms with van der Waals surface area (Å²) in [7, 11) is 6.33. The lowest BCUT2D eigenvalue weighted by Gasteiger charge is -2.40. The standard InChI is InChI=1S/C22H23BFN5O/c1-22(2)12-29(7-8-30-22)19-9-14-11-28(6-5-17(14)27-20(19)23)21-16-10-15(24)3-4-18(16)25-13-26-21/h3-4,9-10,13H,5-8,11-12H2,1-2H3.